The van der Waals surface area contributed by atoms with E-state index >= 15 is 0 Å². The number of pyridine rings is 1. The highest BCUT2D eigenvalue weighted by molar-refractivity contribution is 6.31. The largest absolute Gasteiger partial charge is 0.470 e. The summed E-state index contributed by atoms with van der Waals surface area (Å²) < 4.78 is 21.0. The minimum atomic E-state index is -0.493. The van der Waals surface area contributed by atoms with E-state index in [4.69, 9.17) is 16.3 Å². The lowest BCUT2D eigenvalue weighted by atomic mass is 9.98. The SMILES string of the molecule is CC1CN2c3c4c(nc5c(F)cc(Cl)cc35)OC(CN(C)C)CN4C(=O)[C@@H]2CN1. The molecule has 1 amide bonds. The first kappa shape index (κ1) is 18.8. The Bertz CT molecular complexity index is 1020. The Morgan fingerprint density at radius 2 is 2.14 bits per heavy atom. The molecule has 0 bridgehead atoms. The van der Waals surface area contributed by atoms with Gasteiger partial charge in [0.2, 0.25) is 5.88 Å². The predicted molar refractivity (Wildman–Crippen MR) is 111 cm³/mol. The predicted octanol–water partition coefficient (Wildman–Crippen LogP) is 1.86. The Kier molecular flexibility index (Phi) is 4.34. The van der Waals surface area contributed by atoms with Gasteiger partial charge in [-0.15, -0.1) is 0 Å². The van der Waals surface area contributed by atoms with Crippen molar-refractivity contribution in [2.45, 2.75) is 25.1 Å². The third-order valence-corrected chi connectivity index (χ3v) is 5.99. The van der Waals surface area contributed by atoms with Crippen LogP contribution in [0.3, 0.4) is 0 Å². The van der Waals surface area contributed by atoms with Gasteiger partial charge in [0.05, 0.1) is 12.2 Å². The van der Waals surface area contributed by atoms with Crippen LogP contribution < -0.4 is 19.9 Å². The second-order valence-corrected chi connectivity index (χ2v) is 8.76. The van der Waals surface area contributed by atoms with Gasteiger partial charge in [-0.2, -0.15) is 0 Å². The monoisotopic (exact) mass is 419 g/mol. The van der Waals surface area contributed by atoms with E-state index in [2.05, 4.69) is 22.1 Å². The van der Waals surface area contributed by atoms with Crippen LogP contribution in [-0.2, 0) is 4.79 Å². The molecule has 1 aromatic carbocycles. The van der Waals surface area contributed by atoms with E-state index in [0.717, 1.165) is 5.69 Å². The average molecular weight is 420 g/mol. The first-order valence-electron chi connectivity index (χ1n) is 9.79. The van der Waals surface area contributed by atoms with Crippen LogP contribution in [-0.4, -0.2) is 74.3 Å². The van der Waals surface area contributed by atoms with Gasteiger partial charge in [-0.3, -0.25) is 4.79 Å². The van der Waals surface area contributed by atoms with Crippen molar-refractivity contribution in [2.24, 2.45) is 0 Å². The molecule has 0 spiro atoms. The number of hydrogen-bond acceptors (Lipinski definition) is 6. The van der Waals surface area contributed by atoms with Crippen LogP contribution in [0.5, 0.6) is 5.88 Å². The Balaban J connectivity index is 1.78. The number of anilines is 2. The molecule has 0 aliphatic carbocycles. The van der Waals surface area contributed by atoms with Crippen molar-refractivity contribution in [1.29, 1.82) is 0 Å². The molecule has 2 unspecified atom stereocenters. The summed E-state index contributed by atoms with van der Waals surface area (Å²) in [6.07, 6.45) is -0.239. The highest BCUT2D eigenvalue weighted by atomic mass is 35.5. The standard InChI is InChI=1S/C20H23ClFN5O2/c1-10-7-26-15(6-23-10)20(28)27-9-12(8-25(2)3)29-19-18(27)17(26)13-4-11(21)5-14(22)16(13)24-19/h4-5,10,12,15,23H,6-9H2,1-3H3/t10?,12?,15-/m0/s1. The summed E-state index contributed by atoms with van der Waals surface area (Å²) >= 11 is 6.19. The van der Waals surface area contributed by atoms with Gasteiger partial charge >= 0.3 is 0 Å². The fraction of sp³-hybridized carbons (Fsp3) is 0.500. The van der Waals surface area contributed by atoms with E-state index in [1.807, 2.05) is 19.0 Å². The molecular formula is C20H23ClFN5O2. The number of benzene rings is 1. The summed E-state index contributed by atoms with van der Waals surface area (Å²) in [4.78, 5) is 23.7. The molecule has 1 N–H and O–H groups in total. The molecule has 4 heterocycles. The van der Waals surface area contributed by atoms with Crippen LogP contribution in [0, 0.1) is 5.82 Å². The van der Waals surface area contributed by atoms with E-state index in [1.54, 1.807) is 11.0 Å². The molecule has 0 radical (unpaired) electrons. The number of halogens is 2. The van der Waals surface area contributed by atoms with Crippen molar-refractivity contribution < 1.29 is 13.9 Å². The Morgan fingerprint density at radius 1 is 1.34 bits per heavy atom. The minimum Gasteiger partial charge on any atom is -0.470 e. The second kappa shape index (κ2) is 6.68. The van der Waals surface area contributed by atoms with Gasteiger partial charge in [0.25, 0.3) is 5.91 Å². The van der Waals surface area contributed by atoms with E-state index in [9.17, 15) is 9.18 Å². The number of likely N-dealkylation sites (N-methyl/N-ethyl adjacent to an activating group) is 1. The number of carbonyl (C=O) groups excluding carboxylic acids is 1. The Morgan fingerprint density at radius 3 is 2.90 bits per heavy atom. The molecule has 3 aliphatic heterocycles. The van der Waals surface area contributed by atoms with Gasteiger partial charge in [0.15, 0.2) is 5.82 Å². The maximum atomic E-state index is 14.8. The van der Waals surface area contributed by atoms with Gasteiger partial charge in [-0.05, 0) is 33.2 Å². The second-order valence-electron chi connectivity index (χ2n) is 8.33. The number of nitrogens with zero attached hydrogens (tertiary/aromatic N) is 4. The lowest BCUT2D eigenvalue weighted by Gasteiger charge is -2.49. The summed E-state index contributed by atoms with van der Waals surface area (Å²) in [6, 6.07) is 2.84. The molecule has 1 fully saturated rings. The molecule has 1 saturated heterocycles. The van der Waals surface area contributed by atoms with Crippen LogP contribution in [0.25, 0.3) is 10.9 Å². The summed E-state index contributed by atoms with van der Waals surface area (Å²) in [5.41, 5.74) is 1.63. The number of hydrogen-bond donors (Lipinski definition) is 1. The van der Waals surface area contributed by atoms with E-state index < -0.39 is 5.82 Å². The number of amides is 1. The zero-order valence-electron chi connectivity index (χ0n) is 16.6. The van der Waals surface area contributed by atoms with E-state index in [0.29, 0.717) is 48.2 Å². The Hall–Kier alpha value is -2.16. The van der Waals surface area contributed by atoms with Crippen molar-refractivity contribution in [3.8, 4) is 5.88 Å². The van der Waals surface area contributed by atoms with Gasteiger partial charge < -0.3 is 24.8 Å². The first-order valence-corrected chi connectivity index (χ1v) is 10.2. The molecule has 154 valence electrons. The smallest absolute Gasteiger partial charge is 0.251 e. The molecule has 0 saturated carbocycles. The van der Waals surface area contributed by atoms with Crippen molar-refractivity contribution >= 4 is 39.8 Å². The summed E-state index contributed by atoms with van der Waals surface area (Å²) in [6.45, 7) is 4.31. The first-order chi connectivity index (χ1) is 13.8. The number of carbonyl (C=O) groups is 1. The van der Waals surface area contributed by atoms with Crippen molar-refractivity contribution in [2.75, 3.05) is 50.1 Å². The molecule has 3 aliphatic rings. The van der Waals surface area contributed by atoms with Crippen LogP contribution in [0.4, 0.5) is 15.8 Å². The zero-order valence-corrected chi connectivity index (χ0v) is 17.3. The number of piperazine rings is 1. The van der Waals surface area contributed by atoms with Gasteiger partial charge in [-0.25, -0.2) is 9.37 Å². The van der Waals surface area contributed by atoms with Gasteiger partial charge in [0, 0.05) is 36.1 Å². The fourth-order valence-corrected chi connectivity index (χ4v) is 4.81. The number of aromatic nitrogens is 1. The maximum Gasteiger partial charge on any atom is 0.251 e. The highest BCUT2D eigenvalue weighted by Crippen LogP contribution is 2.49. The molecule has 9 heteroatoms. The van der Waals surface area contributed by atoms with Crippen molar-refractivity contribution in [3.63, 3.8) is 0 Å². The van der Waals surface area contributed by atoms with E-state index in [-0.39, 0.29) is 29.6 Å². The number of rotatable bonds is 2. The third kappa shape index (κ3) is 2.93. The third-order valence-electron chi connectivity index (χ3n) is 5.77. The van der Waals surface area contributed by atoms with Crippen LogP contribution in [0.2, 0.25) is 5.02 Å². The lowest BCUT2D eigenvalue weighted by molar-refractivity contribution is -0.121. The van der Waals surface area contributed by atoms with Gasteiger partial charge in [-0.1, -0.05) is 11.6 Å². The molecule has 3 atom stereocenters. The quantitative estimate of drug-likeness (QED) is 0.801. The maximum absolute atomic E-state index is 14.8. The molecule has 1 aromatic heterocycles. The summed E-state index contributed by atoms with van der Waals surface area (Å²) in [5.74, 6) is -0.160. The van der Waals surface area contributed by atoms with Crippen LogP contribution in [0.1, 0.15) is 6.92 Å². The molecular weight excluding hydrogens is 397 g/mol. The number of fused-ring (bicyclic) bond motifs is 4. The highest BCUT2D eigenvalue weighted by Gasteiger charge is 2.46. The Labute approximate surface area is 173 Å². The summed E-state index contributed by atoms with van der Waals surface area (Å²) in [5, 5.41) is 4.30. The van der Waals surface area contributed by atoms with Crippen molar-refractivity contribution in [3.05, 3.63) is 23.0 Å². The molecule has 2 aromatic rings. The average Bonchev–Trinajstić information content (AvgIpc) is 2.64. The van der Waals surface area contributed by atoms with Crippen LogP contribution in [0.15, 0.2) is 12.1 Å². The molecule has 29 heavy (non-hydrogen) atoms. The fourth-order valence-electron chi connectivity index (χ4n) is 4.61. The lowest BCUT2D eigenvalue weighted by Crippen LogP contribution is -2.66. The molecule has 7 nitrogen and oxygen atoms in total. The normalized spacial score (nSPS) is 25.9. The topological polar surface area (TPSA) is 60.9 Å². The minimum absolute atomic E-state index is 0.0221. The van der Waals surface area contributed by atoms with Gasteiger partial charge in [0.1, 0.15) is 23.3 Å². The zero-order chi connectivity index (χ0) is 20.4. The van der Waals surface area contributed by atoms with Crippen LogP contribution >= 0.6 is 11.6 Å². The number of ether oxygens (including phenoxy) is 1. The number of nitrogens with one attached hydrogen (secondary N) is 1. The molecule has 5 rings (SSSR count). The summed E-state index contributed by atoms with van der Waals surface area (Å²) in [7, 11) is 3.90. The van der Waals surface area contributed by atoms with Crippen molar-refractivity contribution in [1.82, 2.24) is 15.2 Å². The van der Waals surface area contributed by atoms with E-state index in [1.165, 1.54) is 6.07 Å².